The van der Waals surface area contributed by atoms with Crippen LogP contribution in [0.15, 0.2) is 18.2 Å². The number of nitrogens with two attached hydrogens (primary N) is 1. The highest BCUT2D eigenvalue weighted by Gasteiger charge is 2.23. The Kier molecular flexibility index (Phi) is 5.66. The highest BCUT2D eigenvalue weighted by atomic mass is 35.5. The van der Waals surface area contributed by atoms with E-state index >= 15 is 0 Å². The van der Waals surface area contributed by atoms with Crippen molar-refractivity contribution >= 4 is 29.2 Å². The highest BCUT2D eigenvalue weighted by molar-refractivity contribution is 6.31. The average molecular weight is 325 g/mol. The smallest absolute Gasteiger partial charge is 0.340 e. The molecule has 0 unspecified atom stereocenters. The number of nitrogen functional groups attached to an aromatic ring is 1. The van der Waals surface area contributed by atoms with Crippen LogP contribution in [0.25, 0.3) is 0 Å². The van der Waals surface area contributed by atoms with Crippen LogP contribution in [0.1, 0.15) is 43.0 Å². The van der Waals surface area contributed by atoms with Crippen molar-refractivity contribution in [1.82, 2.24) is 5.32 Å². The van der Waals surface area contributed by atoms with Gasteiger partial charge < -0.3 is 15.8 Å². The Morgan fingerprint density at radius 3 is 2.82 bits per heavy atom. The number of nitrogens with one attached hydrogen (secondary N) is 1. The van der Waals surface area contributed by atoms with Gasteiger partial charge in [-0.3, -0.25) is 4.79 Å². The summed E-state index contributed by atoms with van der Waals surface area (Å²) < 4.78 is 5.01. The zero-order valence-corrected chi connectivity index (χ0v) is 13.4. The van der Waals surface area contributed by atoms with Gasteiger partial charge in [0, 0.05) is 16.8 Å². The molecule has 0 aliphatic heterocycles. The van der Waals surface area contributed by atoms with E-state index in [1.807, 2.05) is 0 Å². The second kappa shape index (κ2) is 7.49. The number of benzene rings is 1. The molecule has 2 rings (SSSR count). The molecule has 0 spiro atoms. The summed E-state index contributed by atoms with van der Waals surface area (Å²) in [4.78, 5) is 23.8. The maximum atomic E-state index is 11.9. The van der Waals surface area contributed by atoms with Crippen molar-refractivity contribution in [1.29, 1.82) is 0 Å². The fourth-order valence-electron chi connectivity index (χ4n) is 2.69. The number of hydrogen-bond acceptors (Lipinski definition) is 4. The number of hydrogen-bond donors (Lipinski definition) is 2. The van der Waals surface area contributed by atoms with Gasteiger partial charge in [-0.05, 0) is 37.0 Å². The van der Waals surface area contributed by atoms with Crippen LogP contribution in [0.3, 0.4) is 0 Å². The van der Waals surface area contributed by atoms with Crippen LogP contribution in [0.2, 0.25) is 5.02 Å². The van der Waals surface area contributed by atoms with E-state index in [2.05, 4.69) is 12.2 Å². The molecule has 6 heteroatoms. The number of amides is 1. The van der Waals surface area contributed by atoms with E-state index < -0.39 is 5.97 Å². The van der Waals surface area contributed by atoms with Gasteiger partial charge in [-0.1, -0.05) is 31.4 Å². The van der Waals surface area contributed by atoms with Crippen molar-refractivity contribution in [3.8, 4) is 0 Å². The maximum Gasteiger partial charge on any atom is 0.340 e. The Hall–Kier alpha value is -1.75. The summed E-state index contributed by atoms with van der Waals surface area (Å²) in [5, 5.41) is 3.32. The molecule has 120 valence electrons. The second-order valence-electron chi connectivity index (χ2n) is 5.74. The van der Waals surface area contributed by atoms with E-state index in [4.69, 9.17) is 22.1 Å². The van der Waals surface area contributed by atoms with Gasteiger partial charge >= 0.3 is 5.97 Å². The lowest BCUT2D eigenvalue weighted by Crippen LogP contribution is -2.42. The van der Waals surface area contributed by atoms with Gasteiger partial charge in [-0.25, -0.2) is 4.79 Å². The number of carbonyl (C=O) groups is 2. The quantitative estimate of drug-likeness (QED) is 0.659. The lowest BCUT2D eigenvalue weighted by Gasteiger charge is -2.29. The maximum absolute atomic E-state index is 11.9. The van der Waals surface area contributed by atoms with Crippen molar-refractivity contribution in [3.63, 3.8) is 0 Å². The molecule has 1 aromatic carbocycles. The molecule has 1 aliphatic carbocycles. The zero-order valence-electron chi connectivity index (χ0n) is 12.6. The third kappa shape index (κ3) is 4.37. The molecule has 1 saturated carbocycles. The van der Waals surface area contributed by atoms with Crippen molar-refractivity contribution < 1.29 is 14.3 Å². The molecule has 0 bridgehead atoms. The molecule has 0 aromatic heterocycles. The van der Waals surface area contributed by atoms with Crippen LogP contribution < -0.4 is 11.1 Å². The molecule has 22 heavy (non-hydrogen) atoms. The van der Waals surface area contributed by atoms with Crippen molar-refractivity contribution in [2.45, 2.75) is 38.6 Å². The van der Waals surface area contributed by atoms with Gasteiger partial charge in [0.15, 0.2) is 6.61 Å². The fourth-order valence-corrected chi connectivity index (χ4v) is 2.87. The first-order valence-electron chi connectivity index (χ1n) is 7.49. The van der Waals surface area contributed by atoms with Crippen LogP contribution in [-0.2, 0) is 9.53 Å². The minimum absolute atomic E-state index is 0.163. The minimum atomic E-state index is -0.646. The third-order valence-electron chi connectivity index (χ3n) is 4.03. The molecule has 0 saturated heterocycles. The lowest BCUT2D eigenvalue weighted by atomic mass is 9.86. The van der Waals surface area contributed by atoms with Gasteiger partial charge in [-0.15, -0.1) is 0 Å². The van der Waals surface area contributed by atoms with Crippen LogP contribution in [0, 0.1) is 5.92 Å². The van der Waals surface area contributed by atoms with Crippen LogP contribution >= 0.6 is 11.6 Å². The summed E-state index contributed by atoms with van der Waals surface area (Å²) >= 11 is 5.83. The van der Waals surface area contributed by atoms with Gasteiger partial charge in [0.2, 0.25) is 0 Å². The first-order valence-corrected chi connectivity index (χ1v) is 7.86. The van der Waals surface area contributed by atoms with E-state index in [9.17, 15) is 9.59 Å². The van der Waals surface area contributed by atoms with Gasteiger partial charge in [-0.2, -0.15) is 0 Å². The summed E-state index contributed by atoms with van der Waals surface area (Å²) in [6.07, 6.45) is 4.41. The van der Waals surface area contributed by atoms with Crippen LogP contribution in [-0.4, -0.2) is 24.5 Å². The number of rotatable bonds is 4. The monoisotopic (exact) mass is 324 g/mol. The number of esters is 1. The second-order valence-corrected chi connectivity index (χ2v) is 6.18. The predicted molar refractivity (Wildman–Crippen MR) is 85.7 cm³/mol. The average Bonchev–Trinajstić information content (AvgIpc) is 2.49. The Balaban J connectivity index is 1.85. The summed E-state index contributed by atoms with van der Waals surface area (Å²) in [5.74, 6) is -0.475. The number of carbonyl (C=O) groups excluding carboxylic acids is 2. The van der Waals surface area contributed by atoms with Crippen LogP contribution in [0.4, 0.5) is 5.69 Å². The van der Waals surface area contributed by atoms with Crippen LogP contribution in [0.5, 0.6) is 0 Å². The molecule has 0 radical (unpaired) electrons. The summed E-state index contributed by atoms with van der Waals surface area (Å²) in [6.45, 7) is 1.82. The normalized spacial score (nSPS) is 21.2. The number of ether oxygens (including phenoxy) is 1. The molecule has 1 fully saturated rings. The number of halogens is 1. The Labute approximate surface area is 135 Å². The van der Waals surface area contributed by atoms with E-state index in [-0.39, 0.29) is 29.8 Å². The first kappa shape index (κ1) is 16.6. The summed E-state index contributed by atoms with van der Waals surface area (Å²) in [7, 11) is 0. The van der Waals surface area contributed by atoms with Gasteiger partial charge in [0.1, 0.15) is 0 Å². The summed E-state index contributed by atoms with van der Waals surface area (Å²) in [6, 6.07) is 4.71. The third-order valence-corrected chi connectivity index (χ3v) is 4.26. The van der Waals surface area contributed by atoms with E-state index in [1.165, 1.54) is 18.6 Å². The van der Waals surface area contributed by atoms with Crippen molar-refractivity contribution in [2.75, 3.05) is 12.3 Å². The van der Waals surface area contributed by atoms with Gasteiger partial charge in [0.25, 0.3) is 5.91 Å². The Bertz CT molecular complexity index is 562. The molecule has 0 heterocycles. The largest absolute Gasteiger partial charge is 0.452 e. The molecular weight excluding hydrogens is 304 g/mol. The van der Waals surface area contributed by atoms with E-state index in [0.717, 1.165) is 19.3 Å². The standard InChI is InChI=1S/C16H21ClN2O3/c1-10-4-2-3-5-14(10)19-15(20)9-22-16(21)12-8-11(17)6-7-13(12)18/h6-8,10,14H,2-5,9,18H2,1H3,(H,19,20)/t10-,14+/m0/s1. The van der Waals surface area contributed by atoms with E-state index in [0.29, 0.717) is 10.9 Å². The topological polar surface area (TPSA) is 81.4 Å². The minimum Gasteiger partial charge on any atom is -0.452 e. The molecule has 2 atom stereocenters. The highest BCUT2D eigenvalue weighted by Crippen LogP contribution is 2.23. The van der Waals surface area contributed by atoms with Gasteiger partial charge in [0.05, 0.1) is 5.56 Å². The number of anilines is 1. The molecule has 1 amide bonds. The first-order chi connectivity index (χ1) is 10.5. The van der Waals surface area contributed by atoms with Crippen molar-refractivity contribution in [2.24, 2.45) is 5.92 Å². The molecule has 1 aromatic rings. The Morgan fingerprint density at radius 2 is 2.09 bits per heavy atom. The molecule has 3 N–H and O–H groups in total. The van der Waals surface area contributed by atoms with E-state index in [1.54, 1.807) is 6.07 Å². The zero-order chi connectivity index (χ0) is 16.1. The Morgan fingerprint density at radius 1 is 1.36 bits per heavy atom. The lowest BCUT2D eigenvalue weighted by molar-refractivity contribution is -0.125. The molecular formula is C16H21ClN2O3. The molecule has 1 aliphatic rings. The molecule has 5 nitrogen and oxygen atoms in total. The summed E-state index contributed by atoms with van der Waals surface area (Å²) in [5.41, 5.74) is 6.15. The predicted octanol–water partition coefficient (Wildman–Crippen LogP) is 2.77. The SMILES string of the molecule is C[C@H]1CCCC[C@H]1NC(=O)COC(=O)c1cc(Cl)ccc1N. The fraction of sp³-hybridized carbons (Fsp3) is 0.500. The van der Waals surface area contributed by atoms with Crippen molar-refractivity contribution in [3.05, 3.63) is 28.8 Å².